The molecule has 0 aliphatic carbocycles. The summed E-state index contributed by atoms with van der Waals surface area (Å²) in [5.74, 6) is 0.199. The lowest BCUT2D eigenvalue weighted by Gasteiger charge is -2.11. The number of carbonyl (C=O) groups excluding carboxylic acids is 1. The summed E-state index contributed by atoms with van der Waals surface area (Å²) in [6, 6.07) is 0. The molecule has 1 heterocycles. The lowest BCUT2D eigenvalue weighted by molar-refractivity contribution is 0.0851. The van der Waals surface area contributed by atoms with Gasteiger partial charge in [0.2, 0.25) is 0 Å². The second kappa shape index (κ2) is 4.52. The Kier molecular flexibility index (Phi) is 3.60. The van der Waals surface area contributed by atoms with Crippen LogP contribution in [0.2, 0.25) is 0 Å². The minimum atomic E-state index is -0.139. The van der Waals surface area contributed by atoms with Gasteiger partial charge in [-0.15, -0.1) is 11.3 Å². The Labute approximate surface area is 87.9 Å². The van der Waals surface area contributed by atoms with Crippen molar-refractivity contribution in [3.05, 3.63) is 16.1 Å². The van der Waals surface area contributed by atoms with E-state index in [2.05, 4.69) is 24.3 Å². The number of hydrogen-bond donors (Lipinski definition) is 1. The van der Waals surface area contributed by atoms with E-state index in [1.165, 1.54) is 11.3 Å². The lowest BCUT2D eigenvalue weighted by atomic mass is 10.1. The zero-order chi connectivity index (χ0) is 10.7. The van der Waals surface area contributed by atoms with Crippen molar-refractivity contribution in [3.63, 3.8) is 0 Å². The van der Waals surface area contributed by atoms with E-state index < -0.39 is 0 Å². The molecule has 1 amide bonds. The second-order valence-electron chi connectivity index (χ2n) is 3.56. The predicted octanol–water partition coefficient (Wildman–Crippen LogP) is 1.47. The highest BCUT2D eigenvalue weighted by molar-refractivity contribution is 7.10. The van der Waals surface area contributed by atoms with Gasteiger partial charge in [0, 0.05) is 19.0 Å². The Morgan fingerprint density at radius 2 is 2.21 bits per heavy atom. The molecule has 4 nitrogen and oxygen atoms in total. The van der Waals surface area contributed by atoms with Crippen LogP contribution < -0.4 is 5.43 Å². The topological polar surface area (TPSA) is 45.2 Å². The Morgan fingerprint density at radius 3 is 2.71 bits per heavy atom. The average molecular weight is 213 g/mol. The Hall–Kier alpha value is -0.940. The van der Waals surface area contributed by atoms with Gasteiger partial charge in [-0.3, -0.25) is 10.2 Å². The Bertz CT molecular complexity index is 320. The summed E-state index contributed by atoms with van der Waals surface area (Å²) in [5.41, 5.74) is 4.93. The number of nitrogens with one attached hydrogen (secondary N) is 1. The van der Waals surface area contributed by atoms with Crippen molar-refractivity contribution in [3.8, 4) is 0 Å². The van der Waals surface area contributed by atoms with Gasteiger partial charge < -0.3 is 0 Å². The molecule has 1 aromatic rings. The molecule has 0 atom stereocenters. The molecule has 0 aliphatic heterocycles. The summed E-state index contributed by atoms with van der Waals surface area (Å²) in [6.07, 6.45) is 0. The summed E-state index contributed by atoms with van der Waals surface area (Å²) in [5, 5.41) is 1.62. The number of hydrogen-bond acceptors (Lipinski definition) is 4. The summed E-state index contributed by atoms with van der Waals surface area (Å²) in [4.78, 5) is 16.7. The molecule has 1 aromatic heterocycles. The number of nitrogens with zero attached hydrogens (tertiary/aromatic N) is 2. The van der Waals surface area contributed by atoms with E-state index in [4.69, 9.17) is 0 Å². The lowest BCUT2D eigenvalue weighted by Crippen LogP contribution is -2.36. The molecule has 0 unspecified atom stereocenters. The van der Waals surface area contributed by atoms with Gasteiger partial charge in [0.15, 0.2) is 0 Å². The Morgan fingerprint density at radius 1 is 1.57 bits per heavy atom. The standard InChI is InChI=1S/C9H15N3OS/c1-6(2)8-7(10-5-14-8)9(13)11-12(3)4/h5-6H,1-4H3,(H,11,13). The number of carbonyl (C=O) groups is 1. The molecular weight excluding hydrogens is 198 g/mol. The third-order valence-corrected chi connectivity index (χ3v) is 2.79. The van der Waals surface area contributed by atoms with E-state index in [1.807, 2.05) is 0 Å². The molecule has 0 bridgehead atoms. The highest BCUT2D eigenvalue weighted by atomic mass is 32.1. The Balaban J connectivity index is 2.84. The molecule has 1 N–H and O–H groups in total. The van der Waals surface area contributed by atoms with Crippen LogP contribution >= 0.6 is 11.3 Å². The van der Waals surface area contributed by atoms with Gasteiger partial charge in [-0.2, -0.15) is 0 Å². The van der Waals surface area contributed by atoms with Gasteiger partial charge in [0.25, 0.3) is 5.91 Å². The van der Waals surface area contributed by atoms with Crippen molar-refractivity contribution < 1.29 is 4.79 Å². The number of rotatable bonds is 3. The van der Waals surface area contributed by atoms with Crippen molar-refractivity contribution in [2.45, 2.75) is 19.8 Å². The molecule has 1 rings (SSSR count). The first-order valence-corrected chi connectivity index (χ1v) is 5.32. The summed E-state index contributed by atoms with van der Waals surface area (Å²) in [7, 11) is 3.55. The fourth-order valence-electron chi connectivity index (χ4n) is 1.09. The number of thiazole rings is 1. The van der Waals surface area contributed by atoms with E-state index in [-0.39, 0.29) is 5.91 Å². The predicted molar refractivity (Wildman–Crippen MR) is 57.4 cm³/mol. The maximum absolute atomic E-state index is 11.6. The van der Waals surface area contributed by atoms with Crippen molar-refractivity contribution in [2.24, 2.45) is 0 Å². The van der Waals surface area contributed by atoms with Crippen LogP contribution in [0.1, 0.15) is 35.1 Å². The molecule has 0 saturated carbocycles. The van der Waals surface area contributed by atoms with Crippen LogP contribution in [0.5, 0.6) is 0 Å². The molecule has 14 heavy (non-hydrogen) atoms. The maximum atomic E-state index is 11.6. The van der Waals surface area contributed by atoms with Gasteiger partial charge >= 0.3 is 0 Å². The van der Waals surface area contributed by atoms with Gasteiger partial charge in [0.1, 0.15) is 5.69 Å². The van der Waals surface area contributed by atoms with Crippen LogP contribution in [0, 0.1) is 0 Å². The van der Waals surface area contributed by atoms with E-state index in [9.17, 15) is 4.79 Å². The largest absolute Gasteiger partial charge is 0.285 e. The van der Waals surface area contributed by atoms with E-state index in [1.54, 1.807) is 24.6 Å². The van der Waals surface area contributed by atoms with Gasteiger partial charge in [-0.05, 0) is 5.92 Å². The van der Waals surface area contributed by atoms with Crippen molar-refractivity contribution in [2.75, 3.05) is 14.1 Å². The van der Waals surface area contributed by atoms with Gasteiger partial charge in [-0.1, -0.05) is 13.8 Å². The molecule has 0 aliphatic rings. The molecular formula is C9H15N3OS. The first kappa shape index (κ1) is 11.1. The van der Waals surface area contributed by atoms with E-state index in [0.717, 1.165) is 4.88 Å². The molecule has 0 saturated heterocycles. The van der Waals surface area contributed by atoms with Crippen LogP contribution in [0.15, 0.2) is 5.51 Å². The second-order valence-corrected chi connectivity index (χ2v) is 4.44. The highest BCUT2D eigenvalue weighted by Gasteiger charge is 2.17. The van der Waals surface area contributed by atoms with Crippen LogP contribution in [-0.2, 0) is 0 Å². The van der Waals surface area contributed by atoms with E-state index in [0.29, 0.717) is 11.6 Å². The minimum Gasteiger partial charge on any atom is -0.284 e. The third kappa shape index (κ3) is 2.52. The van der Waals surface area contributed by atoms with Crippen LogP contribution in [-0.4, -0.2) is 30.0 Å². The molecule has 0 spiro atoms. The number of hydrazine groups is 1. The molecule has 78 valence electrons. The number of aromatic nitrogens is 1. The first-order chi connectivity index (χ1) is 6.52. The maximum Gasteiger partial charge on any atom is 0.285 e. The fourth-order valence-corrected chi connectivity index (χ4v) is 1.89. The summed E-state index contributed by atoms with van der Waals surface area (Å²) >= 11 is 1.52. The zero-order valence-electron chi connectivity index (χ0n) is 8.87. The van der Waals surface area contributed by atoms with Crippen LogP contribution in [0.4, 0.5) is 0 Å². The fraction of sp³-hybridized carbons (Fsp3) is 0.556. The molecule has 0 fully saturated rings. The number of amides is 1. The van der Waals surface area contributed by atoms with Gasteiger partial charge in [0.05, 0.1) is 5.51 Å². The highest BCUT2D eigenvalue weighted by Crippen LogP contribution is 2.22. The average Bonchev–Trinajstić information content (AvgIpc) is 2.49. The van der Waals surface area contributed by atoms with Crippen molar-refractivity contribution in [1.82, 2.24) is 15.4 Å². The van der Waals surface area contributed by atoms with Crippen molar-refractivity contribution in [1.29, 1.82) is 0 Å². The van der Waals surface area contributed by atoms with Crippen LogP contribution in [0.25, 0.3) is 0 Å². The molecule has 5 heteroatoms. The monoisotopic (exact) mass is 213 g/mol. The summed E-state index contributed by atoms with van der Waals surface area (Å²) in [6.45, 7) is 4.11. The minimum absolute atomic E-state index is 0.139. The van der Waals surface area contributed by atoms with Crippen LogP contribution in [0.3, 0.4) is 0 Å². The molecule has 0 aromatic carbocycles. The smallest absolute Gasteiger partial charge is 0.284 e. The molecule has 0 radical (unpaired) electrons. The third-order valence-electron chi connectivity index (χ3n) is 1.66. The van der Waals surface area contributed by atoms with Crippen molar-refractivity contribution >= 4 is 17.2 Å². The SMILES string of the molecule is CC(C)c1scnc1C(=O)NN(C)C. The first-order valence-electron chi connectivity index (χ1n) is 4.44. The van der Waals surface area contributed by atoms with E-state index >= 15 is 0 Å². The quantitative estimate of drug-likeness (QED) is 0.773. The van der Waals surface area contributed by atoms with Gasteiger partial charge in [-0.25, -0.2) is 9.99 Å². The summed E-state index contributed by atoms with van der Waals surface area (Å²) < 4.78 is 0. The zero-order valence-corrected chi connectivity index (χ0v) is 9.68. The normalized spacial score (nSPS) is 11.0.